The fourth-order valence-corrected chi connectivity index (χ4v) is 2.42. The van der Waals surface area contributed by atoms with Crippen LogP contribution in [-0.2, 0) is 11.2 Å². The van der Waals surface area contributed by atoms with E-state index in [9.17, 15) is 4.79 Å². The van der Waals surface area contributed by atoms with Crippen LogP contribution in [0.1, 0.15) is 29.9 Å². The molecule has 1 heterocycles. The van der Waals surface area contributed by atoms with E-state index < -0.39 is 12.0 Å². The third-order valence-corrected chi connectivity index (χ3v) is 3.56. The van der Waals surface area contributed by atoms with Gasteiger partial charge in [-0.2, -0.15) is 0 Å². The van der Waals surface area contributed by atoms with Crippen LogP contribution >= 0.6 is 0 Å². The molecule has 4 nitrogen and oxygen atoms in total. The van der Waals surface area contributed by atoms with Crippen LogP contribution in [0, 0.1) is 0 Å². The molecule has 18 heavy (non-hydrogen) atoms. The van der Waals surface area contributed by atoms with Crippen molar-refractivity contribution < 1.29 is 9.90 Å². The maximum atomic E-state index is 10.7. The standard InChI is InChI=1S/C14H20N2O2/c15-13(14(17)18)9-10-1-3-11(4-2-10)12-5-7-16-8-6-12/h1-4,12-13,16H,5-9,15H2,(H,17,18). The molecule has 2 rings (SSSR count). The molecule has 1 aliphatic heterocycles. The van der Waals surface area contributed by atoms with Gasteiger partial charge in [0.25, 0.3) is 0 Å². The summed E-state index contributed by atoms with van der Waals surface area (Å²) in [5.41, 5.74) is 7.86. The van der Waals surface area contributed by atoms with Gasteiger partial charge in [0.1, 0.15) is 6.04 Å². The van der Waals surface area contributed by atoms with Gasteiger partial charge in [-0.1, -0.05) is 24.3 Å². The Morgan fingerprint density at radius 1 is 1.33 bits per heavy atom. The van der Waals surface area contributed by atoms with Crippen LogP contribution < -0.4 is 11.1 Å². The number of hydrogen-bond acceptors (Lipinski definition) is 3. The van der Waals surface area contributed by atoms with Crippen molar-refractivity contribution in [2.45, 2.75) is 31.2 Å². The summed E-state index contributed by atoms with van der Waals surface area (Å²) in [6, 6.07) is 7.41. The smallest absolute Gasteiger partial charge is 0.320 e. The maximum Gasteiger partial charge on any atom is 0.320 e. The molecule has 1 unspecified atom stereocenters. The highest BCUT2D eigenvalue weighted by Gasteiger charge is 2.16. The molecule has 1 aliphatic rings. The lowest BCUT2D eigenvalue weighted by Gasteiger charge is -2.23. The highest BCUT2D eigenvalue weighted by atomic mass is 16.4. The maximum absolute atomic E-state index is 10.7. The number of aliphatic carboxylic acids is 1. The van der Waals surface area contributed by atoms with Gasteiger partial charge in [-0.05, 0) is 49.4 Å². The molecule has 0 aromatic heterocycles. The first-order chi connectivity index (χ1) is 8.66. The minimum atomic E-state index is -0.947. The molecule has 0 saturated carbocycles. The molecule has 1 aromatic carbocycles. The normalized spacial score (nSPS) is 18.5. The average Bonchev–Trinajstić information content (AvgIpc) is 2.40. The number of carboxylic acid groups (broad SMARTS) is 1. The molecular formula is C14H20N2O2. The van der Waals surface area contributed by atoms with E-state index in [0.29, 0.717) is 12.3 Å². The van der Waals surface area contributed by atoms with Crippen molar-refractivity contribution >= 4 is 5.97 Å². The summed E-state index contributed by atoms with van der Waals surface area (Å²) in [7, 11) is 0. The van der Waals surface area contributed by atoms with Crippen LogP contribution in [0.3, 0.4) is 0 Å². The summed E-state index contributed by atoms with van der Waals surface area (Å²) < 4.78 is 0. The van der Waals surface area contributed by atoms with Gasteiger partial charge in [-0.3, -0.25) is 4.79 Å². The summed E-state index contributed by atoms with van der Waals surface area (Å²) in [4.78, 5) is 10.7. The Morgan fingerprint density at radius 3 is 2.50 bits per heavy atom. The van der Waals surface area contributed by atoms with Gasteiger partial charge < -0.3 is 16.2 Å². The molecule has 1 aromatic rings. The van der Waals surface area contributed by atoms with Crippen LogP contribution in [-0.4, -0.2) is 30.2 Å². The average molecular weight is 248 g/mol. The van der Waals surface area contributed by atoms with Crippen molar-refractivity contribution in [2.24, 2.45) is 5.73 Å². The Labute approximate surface area is 107 Å². The first-order valence-electron chi connectivity index (χ1n) is 6.45. The number of hydrogen-bond donors (Lipinski definition) is 3. The SMILES string of the molecule is NC(Cc1ccc(C2CCNCC2)cc1)C(=O)O. The fraction of sp³-hybridized carbons (Fsp3) is 0.500. The van der Waals surface area contributed by atoms with E-state index in [1.54, 1.807) is 0 Å². The van der Waals surface area contributed by atoms with Gasteiger partial charge in [-0.25, -0.2) is 0 Å². The number of nitrogens with one attached hydrogen (secondary N) is 1. The zero-order chi connectivity index (χ0) is 13.0. The number of carboxylic acids is 1. The molecule has 0 amide bonds. The molecule has 98 valence electrons. The van der Waals surface area contributed by atoms with E-state index in [1.165, 1.54) is 18.4 Å². The highest BCUT2D eigenvalue weighted by molar-refractivity contribution is 5.73. The van der Waals surface area contributed by atoms with E-state index in [0.717, 1.165) is 18.7 Å². The van der Waals surface area contributed by atoms with E-state index in [1.807, 2.05) is 12.1 Å². The summed E-state index contributed by atoms with van der Waals surface area (Å²) in [6.45, 7) is 2.16. The van der Waals surface area contributed by atoms with Crippen molar-refractivity contribution in [3.05, 3.63) is 35.4 Å². The molecule has 0 aliphatic carbocycles. The second-order valence-corrected chi connectivity index (χ2v) is 4.91. The van der Waals surface area contributed by atoms with Gasteiger partial charge in [0.05, 0.1) is 0 Å². The Bertz CT molecular complexity index is 397. The van der Waals surface area contributed by atoms with Crippen molar-refractivity contribution in [1.82, 2.24) is 5.32 Å². The Kier molecular flexibility index (Phi) is 4.33. The number of carbonyl (C=O) groups is 1. The van der Waals surface area contributed by atoms with E-state index >= 15 is 0 Å². The van der Waals surface area contributed by atoms with E-state index in [-0.39, 0.29) is 0 Å². The third kappa shape index (κ3) is 3.31. The van der Waals surface area contributed by atoms with E-state index in [4.69, 9.17) is 10.8 Å². The molecule has 0 spiro atoms. The fourth-order valence-electron chi connectivity index (χ4n) is 2.42. The molecule has 1 fully saturated rings. The number of benzene rings is 1. The minimum absolute atomic E-state index is 0.391. The zero-order valence-corrected chi connectivity index (χ0v) is 10.4. The topological polar surface area (TPSA) is 75.3 Å². The summed E-state index contributed by atoms with van der Waals surface area (Å²) in [6.07, 6.45) is 2.74. The van der Waals surface area contributed by atoms with Crippen LogP contribution in [0.5, 0.6) is 0 Å². The molecule has 1 atom stereocenters. The van der Waals surface area contributed by atoms with Crippen molar-refractivity contribution in [3.63, 3.8) is 0 Å². The monoisotopic (exact) mass is 248 g/mol. The van der Waals surface area contributed by atoms with Gasteiger partial charge in [0.2, 0.25) is 0 Å². The third-order valence-electron chi connectivity index (χ3n) is 3.56. The van der Waals surface area contributed by atoms with Gasteiger partial charge in [-0.15, -0.1) is 0 Å². The van der Waals surface area contributed by atoms with E-state index in [2.05, 4.69) is 17.4 Å². The predicted molar refractivity (Wildman–Crippen MR) is 70.6 cm³/mol. The number of rotatable bonds is 4. The zero-order valence-electron chi connectivity index (χ0n) is 10.4. The molecule has 0 radical (unpaired) electrons. The van der Waals surface area contributed by atoms with Crippen molar-refractivity contribution in [2.75, 3.05) is 13.1 Å². The first-order valence-corrected chi connectivity index (χ1v) is 6.45. The first kappa shape index (κ1) is 13.1. The van der Waals surface area contributed by atoms with Crippen LogP contribution in [0.15, 0.2) is 24.3 Å². The Morgan fingerprint density at radius 2 is 1.94 bits per heavy atom. The van der Waals surface area contributed by atoms with Crippen molar-refractivity contribution in [1.29, 1.82) is 0 Å². The summed E-state index contributed by atoms with van der Waals surface area (Å²) in [5.74, 6) is -0.314. The summed E-state index contributed by atoms with van der Waals surface area (Å²) >= 11 is 0. The van der Waals surface area contributed by atoms with Crippen LogP contribution in [0.2, 0.25) is 0 Å². The molecular weight excluding hydrogens is 228 g/mol. The second-order valence-electron chi connectivity index (χ2n) is 4.91. The Balaban J connectivity index is 1.98. The van der Waals surface area contributed by atoms with Gasteiger partial charge in [0, 0.05) is 0 Å². The number of piperidine rings is 1. The highest BCUT2D eigenvalue weighted by Crippen LogP contribution is 2.25. The summed E-state index contributed by atoms with van der Waals surface area (Å²) in [5, 5.41) is 12.1. The number of nitrogens with two attached hydrogens (primary N) is 1. The van der Waals surface area contributed by atoms with Crippen molar-refractivity contribution in [3.8, 4) is 0 Å². The molecule has 0 bridgehead atoms. The van der Waals surface area contributed by atoms with Gasteiger partial charge in [0.15, 0.2) is 0 Å². The van der Waals surface area contributed by atoms with Crippen LogP contribution in [0.25, 0.3) is 0 Å². The molecule has 4 heteroatoms. The molecule has 4 N–H and O–H groups in total. The Hall–Kier alpha value is -1.39. The lowest BCUT2D eigenvalue weighted by Crippen LogP contribution is -2.32. The second kappa shape index (κ2) is 5.98. The van der Waals surface area contributed by atoms with Crippen LogP contribution in [0.4, 0.5) is 0 Å². The van der Waals surface area contributed by atoms with Gasteiger partial charge >= 0.3 is 5.97 Å². The predicted octanol–water partition coefficient (Wildman–Crippen LogP) is 1.11. The lowest BCUT2D eigenvalue weighted by atomic mass is 9.89. The minimum Gasteiger partial charge on any atom is -0.480 e. The lowest BCUT2D eigenvalue weighted by molar-refractivity contribution is -0.138. The molecule has 1 saturated heterocycles. The largest absolute Gasteiger partial charge is 0.480 e. The quantitative estimate of drug-likeness (QED) is 0.746.